The fraction of sp³-hybridized carbons (Fsp3) is 0.167. The van der Waals surface area contributed by atoms with E-state index in [0.717, 1.165) is 5.56 Å². The Labute approximate surface area is 161 Å². The maximum atomic E-state index is 12.4. The molecule has 0 saturated heterocycles. The van der Waals surface area contributed by atoms with Gasteiger partial charge in [-0.15, -0.1) is 0 Å². The normalized spacial score (nSPS) is 12.5. The lowest BCUT2D eigenvalue weighted by atomic mass is 10.1. The second-order valence-corrected chi connectivity index (χ2v) is 8.26. The molecule has 1 N–H and O–H groups in total. The van der Waals surface area contributed by atoms with E-state index in [-0.39, 0.29) is 22.7 Å². The molecule has 2 aromatic carbocycles. The van der Waals surface area contributed by atoms with E-state index in [1.54, 1.807) is 0 Å². The van der Waals surface area contributed by atoms with Crippen molar-refractivity contribution >= 4 is 27.3 Å². The molecule has 0 radical (unpaired) electrons. The fourth-order valence-electron chi connectivity index (χ4n) is 2.38. The first-order chi connectivity index (χ1) is 12.8. The van der Waals surface area contributed by atoms with Crippen LogP contribution in [0.1, 0.15) is 35.0 Å². The minimum absolute atomic E-state index is 0.0837. The van der Waals surface area contributed by atoms with Crippen LogP contribution in [0.25, 0.3) is 0 Å². The predicted octanol–water partition coefficient (Wildman–Crippen LogP) is 3.19. The number of hydrogen-bond donors (Lipinski definition) is 1. The van der Waals surface area contributed by atoms with Gasteiger partial charge in [-0.25, -0.2) is 8.42 Å². The molecular formula is C18H16ClN3O4S. The Balaban J connectivity index is 1.69. The summed E-state index contributed by atoms with van der Waals surface area (Å²) in [6, 6.07) is 14.8. The number of sulfone groups is 1. The molecule has 7 nitrogen and oxygen atoms in total. The zero-order chi connectivity index (χ0) is 19.4. The van der Waals surface area contributed by atoms with Gasteiger partial charge in [0.15, 0.2) is 15.7 Å². The highest BCUT2D eigenvalue weighted by Crippen LogP contribution is 2.18. The second-order valence-electron chi connectivity index (χ2n) is 5.83. The van der Waals surface area contributed by atoms with Crippen LogP contribution in [0.5, 0.6) is 0 Å². The van der Waals surface area contributed by atoms with E-state index >= 15 is 0 Å². The number of hydrogen-bond acceptors (Lipinski definition) is 6. The van der Waals surface area contributed by atoms with Crippen LogP contribution in [0.4, 0.5) is 0 Å². The molecule has 1 atom stereocenters. The monoisotopic (exact) mass is 405 g/mol. The van der Waals surface area contributed by atoms with Crippen molar-refractivity contribution in [2.45, 2.75) is 23.6 Å². The summed E-state index contributed by atoms with van der Waals surface area (Å²) in [6.07, 6.45) is 0. The number of rotatable bonds is 6. The van der Waals surface area contributed by atoms with E-state index in [2.05, 4.69) is 15.5 Å². The van der Waals surface area contributed by atoms with Crippen LogP contribution < -0.4 is 5.32 Å². The summed E-state index contributed by atoms with van der Waals surface area (Å²) >= 11 is 5.77. The summed E-state index contributed by atoms with van der Waals surface area (Å²) in [4.78, 5) is 16.2. The van der Waals surface area contributed by atoms with Crippen LogP contribution in [0.2, 0.25) is 5.02 Å². The first kappa shape index (κ1) is 19.1. The van der Waals surface area contributed by atoms with Gasteiger partial charge < -0.3 is 9.84 Å². The average Bonchev–Trinajstić information content (AvgIpc) is 3.10. The van der Waals surface area contributed by atoms with Gasteiger partial charge in [0.1, 0.15) is 5.75 Å². The molecule has 0 bridgehead atoms. The third kappa shape index (κ3) is 4.72. The summed E-state index contributed by atoms with van der Waals surface area (Å²) in [6.45, 7) is 1.81. The summed E-state index contributed by atoms with van der Waals surface area (Å²) < 4.78 is 29.7. The molecule has 140 valence electrons. The van der Waals surface area contributed by atoms with Crippen molar-refractivity contribution in [1.29, 1.82) is 0 Å². The molecule has 0 aliphatic heterocycles. The molecule has 3 rings (SSSR count). The number of nitrogens with one attached hydrogen (secondary N) is 1. The molecule has 27 heavy (non-hydrogen) atoms. The Kier molecular flexibility index (Phi) is 5.57. The van der Waals surface area contributed by atoms with Gasteiger partial charge in [-0.2, -0.15) is 4.98 Å². The quantitative estimate of drug-likeness (QED) is 0.675. The highest BCUT2D eigenvalue weighted by molar-refractivity contribution is 7.90. The van der Waals surface area contributed by atoms with Crippen molar-refractivity contribution < 1.29 is 17.7 Å². The summed E-state index contributed by atoms with van der Waals surface area (Å²) in [5.41, 5.74) is 0.913. The first-order valence-electron chi connectivity index (χ1n) is 8.02. The fourth-order valence-corrected chi connectivity index (χ4v) is 3.68. The molecule has 0 aliphatic carbocycles. The van der Waals surface area contributed by atoms with Crippen LogP contribution in [0, 0.1) is 0 Å². The average molecular weight is 406 g/mol. The third-order valence-corrected chi connectivity index (χ3v) is 5.68. The molecule has 3 aromatic rings. The molecule has 9 heteroatoms. The molecule has 1 amide bonds. The maximum absolute atomic E-state index is 12.4. The lowest BCUT2D eigenvalue weighted by Crippen LogP contribution is -2.26. The lowest BCUT2D eigenvalue weighted by Gasteiger charge is -2.12. The number of amides is 1. The van der Waals surface area contributed by atoms with Gasteiger partial charge in [0, 0.05) is 5.02 Å². The number of nitrogens with zero attached hydrogens (tertiary/aromatic N) is 2. The largest absolute Gasteiger partial charge is 0.341 e. The van der Waals surface area contributed by atoms with Gasteiger partial charge in [-0.05, 0) is 36.8 Å². The molecule has 1 aromatic heterocycles. The molecule has 1 heterocycles. The molecule has 0 fully saturated rings. The number of carbonyl (C=O) groups excluding carboxylic acids is 1. The van der Waals surface area contributed by atoms with E-state index in [4.69, 9.17) is 16.1 Å². The van der Waals surface area contributed by atoms with Gasteiger partial charge in [0.25, 0.3) is 0 Å². The number of benzene rings is 2. The van der Waals surface area contributed by atoms with Gasteiger partial charge in [0.05, 0.1) is 10.9 Å². The molecule has 0 spiro atoms. The first-order valence-corrected chi connectivity index (χ1v) is 10.0. The van der Waals surface area contributed by atoms with E-state index in [1.807, 2.05) is 37.3 Å². The van der Waals surface area contributed by atoms with Crippen molar-refractivity contribution in [3.63, 3.8) is 0 Å². The zero-order valence-corrected chi connectivity index (χ0v) is 15.9. The van der Waals surface area contributed by atoms with Gasteiger partial charge in [-0.1, -0.05) is 47.1 Å². The van der Waals surface area contributed by atoms with Crippen LogP contribution in [0.15, 0.2) is 64.0 Å². The lowest BCUT2D eigenvalue weighted by molar-refractivity contribution is 0.0895. The molecular weight excluding hydrogens is 390 g/mol. The van der Waals surface area contributed by atoms with E-state index in [1.165, 1.54) is 24.3 Å². The summed E-state index contributed by atoms with van der Waals surface area (Å²) in [5, 5.41) is 6.75. The Hall–Kier alpha value is -2.71. The Bertz CT molecular complexity index is 1030. The topological polar surface area (TPSA) is 102 Å². The van der Waals surface area contributed by atoms with Crippen molar-refractivity contribution in [2.24, 2.45) is 0 Å². The Morgan fingerprint density at radius 2 is 1.81 bits per heavy atom. The minimum Gasteiger partial charge on any atom is -0.341 e. The summed E-state index contributed by atoms with van der Waals surface area (Å²) in [7, 11) is -3.68. The van der Waals surface area contributed by atoms with Crippen molar-refractivity contribution in [3.8, 4) is 0 Å². The van der Waals surface area contributed by atoms with Crippen molar-refractivity contribution in [2.75, 3.05) is 0 Å². The zero-order valence-electron chi connectivity index (χ0n) is 14.3. The molecule has 0 unspecified atom stereocenters. The smallest absolute Gasteiger partial charge is 0.315 e. The van der Waals surface area contributed by atoms with Crippen molar-refractivity contribution in [3.05, 3.63) is 76.9 Å². The minimum atomic E-state index is -3.68. The van der Waals surface area contributed by atoms with E-state index in [9.17, 15) is 13.2 Å². The molecule has 0 saturated carbocycles. The van der Waals surface area contributed by atoms with Crippen LogP contribution in [-0.2, 0) is 15.6 Å². The highest BCUT2D eigenvalue weighted by atomic mass is 35.5. The highest BCUT2D eigenvalue weighted by Gasteiger charge is 2.22. The van der Waals surface area contributed by atoms with E-state index in [0.29, 0.717) is 5.02 Å². The second kappa shape index (κ2) is 7.89. The molecule has 0 aliphatic rings. The predicted molar refractivity (Wildman–Crippen MR) is 99.0 cm³/mol. The Morgan fingerprint density at radius 3 is 2.48 bits per heavy atom. The van der Waals surface area contributed by atoms with E-state index < -0.39 is 21.5 Å². The number of aromatic nitrogens is 2. The number of carbonyl (C=O) groups is 1. The van der Waals surface area contributed by atoms with Gasteiger partial charge in [0.2, 0.25) is 0 Å². The van der Waals surface area contributed by atoms with Crippen LogP contribution >= 0.6 is 11.6 Å². The van der Waals surface area contributed by atoms with Gasteiger partial charge >= 0.3 is 11.8 Å². The number of halogens is 1. The van der Waals surface area contributed by atoms with Gasteiger partial charge in [-0.3, -0.25) is 4.79 Å². The van der Waals surface area contributed by atoms with Crippen molar-refractivity contribution in [1.82, 2.24) is 15.5 Å². The standard InChI is InChI=1S/C18H16ClN3O4S/c1-12(13-5-3-2-4-6-13)20-17(23)18-21-16(22-26-18)11-27(24,25)15-9-7-14(19)8-10-15/h2-10,12H,11H2,1H3,(H,20,23)/t12-/m1/s1. The maximum Gasteiger partial charge on any atom is 0.315 e. The Morgan fingerprint density at radius 1 is 1.15 bits per heavy atom. The van der Waals surface area contributed by atoms with Crippen LogP contribution in [-0.4, -0.2) is 24.5 Å². The third-order valence-electron chi connectivity index (χ3n) is 3.80. The SMILES string of the molecule is C[C@@H](NC(=O)c1nc(CS(=O)(=O)c2ccc(Cl)cc2)no1)c1ccccc1. The van der Waals surface area contributed by atoms with Crippen LogP contribution in [0.3, 0.4) is 0 Å². The summed E-state index contributed by atoms with van der Waals surface area (Å²) in [5.74, 6) is -1.45.